The van der Waals surface area contributed by atoms with Crippen molar-refractivity contribution < 1.29 is 0 Å². The predicted octanol–water partition coefficient (Wildman–Crippen LogP) is 3.83. The van der Waals surface area contributed by atoms with Gasteiger partial charge in [-0.1, -0.05) is 24.6 Å². The van der Waals surface area contributed by atoms with Gasteiger partial charge in [0.15, 0.2) is 0 Å². The van der Waals surface area contributed by atoms with E-state index < -0.39 is 0 Å². The van der Waals surface area contributed by atoms with E-state index in [4.69, 9.17) is 11.6 Å². The molecule has 0 atom stereocenters. The molecule has 0 bridgehead atoms. The van der Waals surface area contributed by atoms with Crippen LogP contribution in [-0.4, -0.2) is 19.1 Å². The third kappa shape index (κ3) is 3.43. The SMILES string of the molecule is CC1CCN(c2cc(Cl)ccc2CNC2CC2)CC1. The van der Waals surface area contributed by atoms with Crippen molar-refractivity contribution in [3.05, 3.63) is 28.8 Å². The van der Waals surface area contributed by atoms with E-state index in [0.29, 0.717) is 0 Å². The zero-order valence-electron chi connectivity index (χ0n) is 11.7. The standard InChI is InChI=1S/C16H23ClN2/c1-12-6-8-19(9-7-12)16-10-14(17)3-2-13(16)11-18-15-4-5-15/h2-3,10,12,15,18H,4-9,11H2,1H3. The average Bonchev–Trinajstić information content (AvgIpc) is 3.22. The Morgan fingerprint density at radius 2 is 1.95 bits per heavy atom. The Morgan fingerprint density at radius 3 is 2.63 bits per heavy atom. The highest BCUT2D eigenvalue weighted by Gasteiger charge is 2.22. The second-order valence-corrected chi connectivity index (χ2v) is 6.53. The first-order valence-electron chi connectivity index (χ1n) is 7.49. The Labute approximate surface area is 121 Å². The van der Waals surface area contributed by atoms with Gasteiger partial charge in [-0.05, 0) is 49.3 Å². The van der Waals surface area contributed by atoms with Crippen molar-refractivity contribution >= 4 is 17.3 Å². The number of piperidine rings is 1. The Kier molecular flexibility index (Phi) is 3.99. The summed E-state index contributed by atoms with van der Waals surface area (Å²) in [7, 11) is 0. The zero-order chi connectivity index (χ0) is 13.2. The molecule has 1 aliphatic heterocycles. The van der Waals surface area contributed by atoms with E-state index in [2.05, 4.69) is 29.3 Å². The van der Waals surface area contributed by atoms with Gasteiger partial charge in [0.1, 0.15) is 0 Å². The normalized spacial score (nSPS) is 20.8. The fourth-order valence-electron chi connectivity index (χ4n) is 2.77. The number of hydrogen-bond donors (Lipinski definition) is 1. The van der Waals surface area contributed by atoms with Crippen LogP contribution in [0.15, 0.2) is 18.2 Å². The van der Waals surface area contributed by atoms with Crippen molar-refractivity contribution in [1.29, 1.82) is 0 Å². The van der Waals surface area contributed by atoms with E-state index >= 15 is 0 Å². The number of hydrogen-bond acceptors (Lipinski definition) is 2. The zero-order valence-corrected chi connectivity index (χ0v) is 12.4. The van der Waals surface area contributed by atoms with Gasteiger partial charge in [-0.2, -0.15) is 0 Å². The fraction of sp³-hybridized carbons (Fsp3) is 0.625. The van der Waals surface area contributed by atoms with Crippen molar-refractivity contribution in [3.63, 3.8) is 0 Å². The molecule has 3 heteroatoms. The summed E-state index contributed by atoms with van der Waals surface area (Å²) in [5, 5.41) is 4.46. The number of rotatable bonds is 4. The van der Waals surface area contributed by atoms with Crippen LogP contribution in [0.4, 0.5) is 5.69 Å². The predicted molar refractivity (Wildman–Crippen MR) is 81.9 cm³/mol. The van der Waals surface area contributed by atoms with Gasteiger partial charge in [0.25, 0.3) is 0 Å². The summed E-state index contributed by atoms with van der Waals surface area (Å²) in [6, 6.07) is 7.10. The van der Waals surface area contributed by atoms with Crippen molar-refractivity contribution in [1.82, 2.24) is 5.32 Å². The summed E-state index contributed by atoms with van der Waals surface area (Å²) in [5.74, 6) is 0.864. The topological polar surface area (TPSA) is 15.3 Å². The lowest BCUT2D eigenvalue weighted by Gasteiger charge is -2.33. The third-order valence-corrected chi connectivity index (χ3v) is 4.57. The molecule has 1 N–H and O–H groups in total. The van der Waals surface area contributed by atoms with Gasteiger partial charge in [-0.25, -0.2) is 0 Å². The molecule has 2 aliphatic rings. The Bertz CT molecular complexity index is 434. The van der Waals surface area contributed by atoms with Crippen LogP contribution >= 0.6 is 11.6 Å². The van der Waals surface area contributed by atoms with Gasteiger partial charge < -0.3 is 10.2 Å². The van der Waals surface area contributed by atoms with Crippen LogP contribution in [0.5, 0.6) is 0 Å². The maximum absolute atomic E-state index is 6.19. The Balaban J connectivity index is 1.74. The highest BCUT2D eigenvalue weighted by Crippen LogP contribution is 2.29. The molecule has 1 aliphatic carbocycles. The van der Waals surface area contributed by atoms with Gasteiger partial charge in [-0.3, -0.25) is 0 Å². The molecule has 0 spiro atoms. The second-order valence-electron chi connectivity index (χ2n) is 6.10. The first-order valence-corrected chi connectivity index (χ1v) is 7.87. The summed E-state index contributed by atoms with van der Waals surface area (Å²) in [6.45, 7) is 5.66. The fourth-order valence-corrected chi connectivity index (χ4v) is 2.94. The first-order chi connectivity index (χ1) is 9.22. The van der Waals surface area contributed by atoms with Crippen molar-refractivity contribution in [3.8, 4) is 0 Å². The monoisotopic (exact) mass is 278 g/mol. The van der Waals surface area contributed by atoms with Gasteiger partial charge in [0.05, 0.1) is 0 Å². The molecule has 0 amide bonds. The third-order valence-electron chi connectivity index (χ3n) is 4.33. The molecule has 1 saturated heterocycles. The van der Waals surface area contributed by atoms with E-state index in [9.17, 15) is 0 Å². The molecule has 0 unspecified atom stereocenters. The van der Waals surface area contributed by atoms with Crippen LogP contribution in [0.2, 0.25) is 5.02 Å². The van der Waals surface area contributed by atoms with E-state index in [0.717, 1.165) is 36.6 Å². The maximum Gasteiger partial charge on any atom is 0.0426 e. The highest BCUT2D eigenvalue weighted by atomic mass is 35.5. The van der Waals surface area contributed by atoms with Crippen LogP contribution in [0.25, 0.3) is 0 Å². The summed E-state index contributed by atoms with van der Waals surface area (Å²) in [4.78, 5) is 2.51. The summed E-state index contributed by atoms with van der Waals surface area (Å²) >= 11 is 6.19. The molecule has 2 nitrogen and oxygen atoms in total. The van der Waals surface area contributed by atoms with Gasteiger partial charge >= 0.3 is 0 Å². The minimum Gasteiger partial charge on any atom is -0.371 e. The first kappa shape index (κ1) is 13.3. The van der Waals surface area contributed by atoms with Crippen molar-refractivity contribution in [2.45, 2.75) is 45.2 Å². The van der Waals surface area contributed by atoms with Gasteiger partial charge in [0, 0.05) is 36.4 Å². The van der Waals surface area contributed by atoms with Crippen LogP contribution in [0.1, 0.15) is 38.2 Å². The number of halogens is 1. The molecular formula is C16H23ClN2. The lowest BCUT2D eigenvalue weighted by molar-refractivity contribution is 0.437. The minimum absolute atomic E-state index is 0.755. The molecule has 1 saturated carbocycles. The number of nitrogens with zero attached hydrogens (tertiary/aromatic N) is 1. The smallest absolute Gasteiger partial charge is 0.0426 e. The summed E-state index contributed by atoms with van der Waals surface area (Å²) in [5.41, 5.74) is 2.73. The molecule has 3 rings (SSSR count). The molecule has 0 radical (unpaired) electrons. The summed E-state index contributed by atoms with van der Waals surface area (Å²) < 4.78 is 0. The summed E-state index contributed by atoms with van der Waals surface area (Å²) in [6.07, 6.45) is 5.26. The van der Waals surface area contributed by atoms with Crippen LogP contribution in [0.3, 0.4) is 0 Å². The number of nitrogens with one attached hydrogen (secondary N) is 1. The molecule has 0 aromatic heterocycles. The van der Waals surface area contributed by atoms with E-state index in [1.54, 1.807) is 0 Å². The molecule has 1 aromatic carbocycles. The van der Waals surface area contributed by atoms with Gasteiger partial charge in [-0.15, -0.1) is 0 Å². The molecule has 104 valence electrons. The van der Waals surface area contributed by atoms with E-state index in [1.807, 2.05) is 6.07 Å². The van der Waals surface area contributed by atoms with E-state index in [1.165, 1.54) is 36.9 Å². The molecule has 2 fully saturated rings. The number of anilines is 1. The van der Waals surface area contributed by atoms with Crippen LogP contribution in [0, 0.1) is 5.92 Å². The number of benzene rings is 1. The average molecular weight is 279 g/mol. The largest absolute Gasteiger partial charge is 0.371 e. The molecular weight excluding hydrogens is 256 g/mol. The van der Waals surface area contributed by atoms with Crippen LogP contribution < -0.4 is 10.2 Å². The highest BCUT2D eigenvalue weighted by molar-refractivity contribution is 6.30. The lowest BCUT2D eigenvalue weighted by atomic mass is 9.98. The maximum atomic E-state index is 6.19. The Morgan fingerprint density at radius 1 is 1.21 bits per heavy atom. The molecule has 1 heterocycles. The minimum atomic E-state index is 0.755. The Hall–Kier alpha value is -0.730. The van der Waals surface area contributed by atoms with Crippen molar-refractivity contribution in [2.24, 2.45) is 5.92 Å². The molecule has 19 heavy (non-hydrogen) atoms. The van der Waals surface area contributed by atoms with Gasteiger partial charge in [0.2, 0.25) is 0 Å². The van der Waals surface area contributed by atoms with Crippen LogP contribution in [-0.2, 0) is 6.54 Å². The quantitative estimate of drug-likeness (QED) is 0.900. The van der Waals surface area contributed by atoms with Crippen molar-refractivity contribution in [2.75, 3.05) is 18.0 Å². The second kappa shape index (κ2) is 5.72. The van der Waals surface area contributed by atoms with E-state index in [-0.39, 0.29) is 0 Å². The molecule has 1 aromatic rings. The lowest BCUT2D eigenvalue weighted by Crippen LogP contribution is -2.34.